The van der Waals surface area contributed by atoms with E-state index in [0.29, 0.717) is 50.0 Å². The first-order valence-corrected chi connectivity index (χ1v) is 15.5. The van der Waals surface area contributed by atoms with Gasteiger partial charge in [0.25, 0.3) is 5.91 Å². The maximum atomic E-state index is 13.4. The second kappa shape index (κ2) is 11.1. The molecular formula is C35H28N6O5S. The number of rotatable bonds is 6. The highest BCUT2D eigenvalue weighted by molar-refractivity contribution is 7.19. The maximum Gasteiger partial charge on any atom is 0.340 e. The summed E-state index contributed by atoms with van der Waals surface area (Å²) in [5.41, 5.74) is 4.01. The molecule has 2 aliphatic rings. The Labute approximate surface area is 274 Å². The van der Waals surface area contributed by atoms with Crippen LogP contribution >= 0.6 is 11.3 Å². The Balaban J connectivity index is 1.20. The van der Waals surface area contributed by atoms with Crippen LogP contribution in [0.5, 0.6) is 11.5 Å². The van der Waals surface area contributed by atoms with E-state index in [1.54, 1.807) is 36.4 Å². The number of carbonyl (C=O) groups is 3. The van der Waals surface area contributed by atoms with E-state index in [1.807, 2.05) is 80.5 Å². The van der Waals surface area contributed by atoms with Crippen molar-refractivity contribution in [2.24, 2.45) is 0 Å². The number of hydrogen-bond acceptors (Lipinski definition) is 10. The molecule has 1 aromatic heterocycles. The normalized spacial score (nSPS) is 13.5. The van der Waals surface area contributed by atoms with Crippen molar-refractivity contribution in [3.8, 4) is 17.6 Å². The van der Waals surface area contributed by atoms with Crippen molar-refractivity contribution < 1.29 is 23.9 Å². The molecule has 4 aromatic carbocycles. The number of anilines is 3. The largest absolute Gasteiger partial charge is 0.456 e. The predicted octanol–water partition coefficient (Wildman–Crippen LogP) is 5.24. The van der Waals surface area contributed by atoms with Gasteiger partial charge in [-0.15, -0.1) is 11.3 Å². The summed E-state index contributed by atoms with van der Waals surface area (Å²) in [5.74, 6) is -0.371. The zero-order valence-electron chi connectivity index (χ0n) is 25.9. The number of amides is 2. The summed E-state index contributed by atoms with van der Waals surface area (Å²) in [6, 6.07) is 23.4. The van der Waals surface area contributed by atoms with Crippen molar-refractivity contribution in [3.05, 3.63) is 106 Å². The van der Waals surface area contributed by atoms with Crippen molar-refractivity contribution in [3.63, 3.8) is 0 Å². The molecule has 0 saturated heterocycles. The zero-order chi connectivity index (χ0) is 33.0. The molecule has 0 unspecified atom stereocenters. The number of esters is 1. The van der Waals surface area contributed by atoms with Crippen LogP contribution in [-0.4, -0.2) is 57.5 Å². The van der Waals surface area contributed by atoms with Gasteiger partial charge in [0.15, 0.2) is 10.6 Å². The molecule has 1 spiro atoms. The van der Waals surface area contributed by atoms with E-state index < -0.39 is 23.4 Å². The average molecular weight is 645 g/mol. The molecule has 234 valence electrons. The van der Waals surface area contributed by atoms with Crippen LogP contribution in [0.3, 0.4) is 0 Å². The lowest BCUT2D eigenvalue weighted by atomic mass is 9.77. The summed E-state index contributed by atoms with van der Waals surface area (Å²) >= 11 is 1.23. The Morgan fingerprint density at radius 1 is 0.894 bits per heavy atom. The fourth-order valence-electron chi connectivity index (χ4n) is 5.91. The first kappa shape index (κ1) is 29.8. The summed E-state index contributed by atoms with van der Waals surface area (Å²) in [6.07, 6.45) is 0. The van der Waals surface area contributed by atoms with Gasteiger partial charge in [0.05, 0.1) is 22.3 Å². The third-order valence-corrected chi connectivity index (χ3v) is 9.17. The highest BCUT2D eigenvalue weighted by Crippen LogP contribution is 2.57. The van der Waals surface area contributed by atoms with E-state index >= 15 is 0 Å². The average Bonchev–Trinajstić information content (AvgIpc) is 3.61. The molecule has 7 rings (SSSR count). The van der Waals surface area contributed by atoms with Crippen molar-refractivity contribution in [2.75, 3.05) is 49.9 Å². The second-order valence-electron chi connectivity index (χ2n) is 11.6. The Morgan fingerprint density at radius 3 is 2.21 bits per heavy atom. The van der Waals surface area contributed by atoms with Gasteiger partial charge in [-0.3, -0.25) is 9.59 Å². The lowest BCUT2D eigenvalue weighted by Gasteiger charge is -2.37. The summed E-state index contributed by atoms with van der Waals surface area (Å²) in [6.45, 7) is -0.291. The SMILES string of the molecule is CN(C)c1ccc2c(c1)Oc1cc(N(C)C)ccc1C21OC(=O)c2ccc(C(=O)NCC(=O)Nc3ccc4nc(C#N)sc4c3)cc21. The molecule has 47 heavy (non-hydrogen) atoms. The van der Waals surface area contributed by atoms with Crippen LogP contribution in [-0.2, 0) is 15.1 Å². The van der Waals surface area contributed by atoms with Gasteiger partial charge in [-0.25, -0.2) is 9.78 Å². The topological polar surface area (TPSA) is 137 Å². The molecule has 2 aliphatic heterocycles. The number of thiazole rings is 1. The van der Waals surface area contributed by atoms with E-state index in [9.17, 15) is 14.4 Å². The van der Waals surface area contributed by atoms with Crippen LogP contribution in [0.25, 0.3) is 10.2 Å². The van der Waals surface area contributed by atoms with E-state index in [4.69, 9.17) is 14.7 Å². The van der Waals surface area contributed by atoms with Crippen LogP contribution in [0.4, 0.5) is 17.1 Å². The number of nitriles is 1. The van der Waals surface area contributed by atoms with Crippen molar-refractivity contribution in [1.82, 2.24) is 10.3 Å². The lowest BCUT2D eigenvalue weighted by Crippen LogP contribution is -2.34. The molecule has 11 nitrogen and oxygen atoms in total. The molecule has 2 N–H and O–H groups in total. The smallest absolute Gasteiger partial charge is 0.340 e. The van der Waals surface area contributed by atoms with E-state index in [-0.39, 0.29) is 12.1 Å². The Kier molecular flexibility index (Phi) is 7.06. The number of nitrogens with zero attached hydrogens (tertiary/aromatic N) is 4. The van der Waals surface area contributed by atoms with Crippen LogP contribution in [0, 0.1) is 11.3 Å². The third kappa shape index (κ3) is 4.97. The van der Waals surface area contributed by atoms with Gasteiger partial charge in [0.1, 0.15) is 17.6 Å². The Hall–Kier alpha value is -5.93. The fraction of sp³-hybridized carbons (Fsp3) is 0.171. The minimum Gasteiger partial charge on any atom is -0.456 e. The quantitative estimate of drug-likeness (QED) is 0.238. The van der Waals surface area contributed by atoms with Gasteiger partial charge in [0.2, 0.25) is 5.91 Å². The lowest BCUT2D eigenvalue weighted by molar-refractivity contribution is -0.115. The molecule has 0 bridgehead atoms. The number of hydrogen-bond donors (Lipinski definition) is 2. The number of carbonyl (C=O) groups excluding carboxylic acids is 3. The predicted molar refractivity (Wildman–Crippen MR) is 179 cm³/mol. The molecule has 2 amide bonds. The highest BCUT2D eigenvalue weighted by atomic mass is 32.1. The van der Waals surface area contributed by atoms with Gasteiger partial charge >= 0.3 is 5.97 Å². The summed E-state index contributed by atoms with van der Waals surface area (Å²) in [4.78, 5) is 47.7. The first-order chi connectivity index (χ1) is 22.6. The maximum absolute atomic E-state index is 13.4. The Bertz CT molecular complexity index is 2130. The highest BCUT2D eigenvalue weighted by Gasteiger charge is 2.54. The van der Waals surface area contributed by atoms with Gasteiger partial charge in [0, 0.05) is 79.6 Å². The van der Waals surface area contributed by atoms with Crippen LogP contribution < -0.4 is 25.2 Å². The molecule has 12 heteroatoms. The van der Waals surface area contributed by atoms with Gasteiger partial charge in [-0.1, -0.05) is 0 Å². The second-order valence-corrected chi connectivity index (χ2v) is 12.7. The molecular weight excluding hydrogens is 616 g/mol. The molecule has 0 fully saturated rings. The number of benzene rings is 4. The van der Waals surface area contributed by atoms with E-state index in [0.717, 1.165) is 16.1 Å². The zero-order valence-corrected chi connectivity index (χ0v) is 26.7. The van der Waals surface area contributed by atoms with Gasteiger partial charge < -0.3 is 29.9 Å². The van der Waals surface area contributed by atoms with Crippen molar-refractivity contribution in [1.29, 1.82) is 5.26 Å². The minimum absolute atomic E-state index is 0.258. The summed E-state index contributed by atoms with van der Waals surface area (Å²) in [5, 5.41) is 14.9. The van der Waals surface area contributed by atoms with Gasteiger partial charge in [-0.05, 0) is 60.7 Å². The van der Waals surface area contributed by atoms with Crippen LogP contribution in [0.1, 0.15) is 42.4 Å². The molecule has 0 saturated carbocycles. The fourth-order valence-corrected chi connectivity index (χ4v) is 6.72. The van der Waals surface area contributed by atoms with Crippen molar-refractivity contribution in [2.45, 2.75) is 5.60 Å². The summed E-state index contributed by atoms with van der Waals surface area (Å²) < 4.78 is 13.5. The molecule has 0 radical (unpaired) electrons. The van der Waals surface area contributed by atoms with E-state index in [2.05, 4.69) is 15.6 Å². The number of ether oxygens (including phenoxy) is 2. The van der Waals surface area contributed by atoms with Crippen LogP contribution in [0.15, 0.2) is 72.8 Å². The minimum atomic E-state index is -1.36. The monoisotopic (exact) mass is 644 g/mol. The molecule has 0 atom stereocenters. The third-order valence-electron chi connectivity index (χ3n) is 8.25. The molecule has 0 aliphatic carbocycles. The molecule has 5 aromatic rings. The molecule has 3 heterocycles. The number of nitrogens with one attached hydrogen (secondary N) is 2. The number of fused-ring (bicyclic) bond motifs is 7. The van der Waals surface area contributed by atoms with E-state index in [1.165, 1.54) is 11.3 Å². The van der Waals surface area contributed by atoms with Gasteiger partial charge in [-0.2, -0.15) is 5.26 Å². The Morgan fingerprint density at radius 2 is 1.57 bits per heavy atom. The first-order valence-electron chi connectivity index (χ1n) is 14.7. The standard InChI is InChI=1S/C35H28N6O5S/c1-40(2)21-7-10-24-28(15-21)45-29-16-22(41(3)4)8-11-25(29)35(24)26-13-19(5-9-23(26)34(44)46-35)33(43)37-18-31(42)38-20-6-12-27-30(14-20)47-32(17-36)39-27/h5-16H,18H2,1-4H3,(H,37,43)(H,38,42). The number of aromatic nitrogens is 1. The van der Waals surface area contributed by atoms with Crippen molar-refractivity contribution >= 4 is 56.4 Å². The van der Waals surface area contributed by atoms with Crippen LogP contribution in [0.2, 0.25) is 0 Å². The summed E-state index contributed by atoms with van der Waals surface area (Å²) in [7, 11) is 7.72.